The minimum atomic E-state index is -2.47. The van der Waals surface area contributed by atoms with Gasteiger partial charge in [0.15, 0.2) is 0 Å². The van der Waals surface area contributed by atoms with E-state index in [9.17, 15) is 8.78 Å². The predicted molar refractivity (Wildman–Crippen MR) is 72.8 cm³/mol. The van der Waals surface area contributed by atoms with Crippen LogP contribution in [0.1, 0.15) is 5.69 Å². The van der Waals surface area contributed by atoms with Crippen molar-refractivity contribution in [2.24, 2.45) is 0 Å². The van der Waals surface area contributed by atoms with Crippen LogP contribution >= 0.6 is 11.8 Å². The van der Waals surface area contributed by atoms with E-state index in [1.807, 2.05) is 0 Å². The number of nitrogens with zero attached hydrogens (tertiary/aromatic N) is 2. The van der Waals surface area contributed by atoms with Gasteiger partial charge in [0.1, 0.15) is 5.82 Å². The van der Waals surface area contributed by atoms with E-state index in [0.717, 1.165) is 0 Å². The monoisotopic (exact) mass is 282 g/mol. The average molecular weight is 282 g/mol. The molecule has 2 rings (SSSR count). The Morgan fingerprint density at radius 3 is 2.68 bits per heavy atom. The van der Waals surface area contributed by atoms with Gasteiger partial charge in [0.05, 0.1) is 5.69 Å². The highest BCUT2D eigenvalue weighted by Crippen LogP contribution is 2.33. The molecule has 0 saturated heterocycles. The molecule has 100 valence electrons. The number of hydrogen-bond acceptors (Lipinski definition) is 5. The summed E-state index contributed by atoms with van der Waals surface area (Å²) >= 11 is 0.482. The lowest BCUT2D eigenvalue weighted by Gasteiger charge is -2.11. The third-order valence-electron chi connectivity index (χ3n) is 2.24. The summed E-state index contributed by atoms with van der Waals surface area (Å²) in [5.74, 6) is -1.85. The van der Waals surface area contributed by atoms with E-state index in [2.05, 4.69) is 15.3 Å². The van der Waals surface area contributed by atoms with Crippen molar-refractivity contribution in [3.63, 3.8) is 0 Å². The van der Waals surface area contributed by atoms with Crippen LogP contribution in [0.5, 0.6) is 0 Å². The summed E-state index contributed by atoms with van der Waals surface area (Å²) in [4.78, 5) is 8.41. The molecule has 7 heteroatoms. The van der Waals surface area contributed by atoms with Crippen LogP contribution in [0.15, 0.2) is 35.2 Å². The first kappa shape index (κ1) is 13.5. The van der Waals surface area contributed by atoms with Crippen LogP contribution in [0.25, 0.3) is 0 Å². The first-order chi connectivity index (χ1) is 9.04. The predicted octanol–water partition coefficient (Wildman–Crippen LogP) is 3.43. The zero-order valence-corrected chi connectivity index (χ0v) is 10.9. The number of anilines is 3. The molecule has 0 amide bonds. The van der Waals surface area contributed by atoms with Gasteiger partial charge in [-0.1, -0.05) is 23.9 Å². The molecule has 1 aromatic heterocycles. The zero-order chi connectivity index (χ0) is 13.8. The maximum atomic E-state index is 12.5. The molecule has 4 nitrogen and oxygen atoms in total. The molecule has 0 aliphatic rings. The second-order valence-electron chi connectivity index (χ2n) is 3.75. The molecule has 1 aromatic carbocycles. The fourth-order valence-corrected chi connectivity index (χ4v) is 2.16. The molecule has 1 heterocycles. The Hall–Kier alpha value is -1.89. The van der Waals surface area contributed by atoms with Gasteiger partial charge in [-0.25, -0.2) is 4.98 Å². The van der Waals surface area contributed by atoms with Crippen molar-refractivity contribution in [1.29, 1.82) is 0 Å². The van der Waals surface area contributed by atoms with Crippen LogP contribution in [0.4, 0.5) is 26.2 Å². The van der Waals surface area contributed by atoms with Crippen molar-refractivity contribution in [2.75, 3.05) is 11.1 Å². The van der Waals surface area contributed by atoms with E-state index in [4.69, 9.17) is 5.73 Å². The van der Waals surface area contributed by atoms with Crippen molar-refractivity contribution in [3.05, 3.63) is 36.0 Å². The SMILES string of the molecule is Cc1cc(Nc2ccccc2SC(F)F)nc(N)n1. The Balaban J connectivity index is 2.27. The number of benzene rings is 1. The smallest absolute Gasteiger partial charge is 0.288 e. The van der Waals surface area contributed by atoms with E-state index in [1.165, 1.54) is 0 Å². The van der Waals surface area contributed by atoms with Gasteiger partial charge in [-0.15, -0.1) is 0 Å². The Morgan fingerprint density at radius 1 is 1.26 bits per heavy atom. The van der Waals surface area contributed by atoms with Crippen LogP contribution in [0, 0.1) is 6.92 Å². The van der Waals surface area contributed by atoms with Crippen LogP contribution in [-0.2, 0) is 0 Å². The summed E-state index contributed by atoms with van der Waals surface area (Å²) in [6, 6.07) is 8.49. The topological polar surface area (TPSA) is 63.8 Å². The van der Waals surface area contributed by atoms with Crippen molar-refractivity contribution < 1.29 is 8.78 Å². The normalized spacial score (nSPS) is 10.7. The number of nitrogens with one attached hydrogen (secondary N) is 1. The number of hydrogen-bond donors (Lipinski definition) is 2. The van der Waals surface area contributed by atoms with E-state index in [0.29, 0.717) is 33.9 Å². The van der Waals surface area contributed by atoms with Crippen LogP contribution in [0.3, 0.4) is 0 Å². The van der Waals surface area contributed by atoms with Gasteiger partial charge in [-0.2, -0.15) is 13.8 Å². The maximum absolute atomic E-state index is 12.5. The molecule has 0 aliphatic carbocycles. The van der Waals surface area contributed by atoms with Gasteiger partial charge in [0.2, 0.25) is 5.95 Å². The summed E-state index contributed by atoms with van der Waals surface area (Å²) in [7, 11) is 0. The summed E-state index contributed by atoms with van der Waals surface area (Å²) in [5.41, 5.74) is 6.81. The van der Waals surface area contributed by atoms with Crippen molar-refractivity contribution >= 4 is 29.2 Å². The summed E-state index contributed by atoms with van der Waals surface area (Å²) < 4.78 is 24.9. The summed E-state index contributed by atoms with van der Waals surface area (Å²) in [5, 5.41) is 2.97. The first-order valence-electron chi connectivity index (χ1n) is 5.46. The second kappa shape index (κ2) is 5.83. The van der Waals surface area contributed by atoms with Gasteiger partial charge in [-0.05, 0) is 19.1 Å². The number of alkyl halides is 2. The van der Waals surface area contributed by atoms with Gasteiger partial charge in [0, 0.05) is 16.7 Å². The number of halogens is 2. The molecular formula is C12H12F2N4S. The van der Waals surface area contributed by atoms with Crippen molar-refractivity contribution in [2.45, 2.75) is 17.6 Å². The molecule has 0 saturated carbocycles. The average Bonchev–Trinajstić information content (AvgIpc) is 2.29. The summed E-state index contributed by atoms with van der Waals surface area (Å²) in [6.07, 6.45) is 0. The third kappa shape index (κ3) is 3.78. The van der Waals surface area contributed by atoms with Crippen molar-refractivity contribution in [1.82, 2.24) is 9.97 Å². The van der Waals surface area contributed by atoms with E-state index in [-0.39, 0.29) is 5.95 Å². The first-order valence-corrected chi connectivity index (χ1v) is 6.34. The lowest BCUT2D eigenvalue weighted by molar-refractivity contribution is 0.252. The molecular weight excluding hydrogens is 270 g/mol. The highest BCUT2D eigenvalue weighted by atomic mass is 32.2. The Bertz CT molecular complexity index is 557. The van der Waals surface area contributed by atoms with Crippen LogP contribution < -0.4 is 11.1 Å². The largest absolute Gasteiger partial charge is 0.368 e. The minimum absolute atomic E-state index is 0.140. The fourth-order valence-electron chi connectivity index (χ4n) is 1.56. The highest BCUT2D eigenvalue weighted by molar-refractivity contribution is 7.99. The quantitative estimate of drug-likeness (QED) is 0.841. The van der Waals surface area contributed by atoms with Gasteiger partial charge in [-0.3, -0.25) is 0 Å². The molecule has 19 heavy (non-hydrogen) atoms. The van der Waals surface area contributed by atoms with Gasteiger partial charge < -0.3 is 11.1 Å². The second-order valence-corrected chi connectivity index (χ2v) is 4.78. The Labute approximate surface area is 113 Å². The Kier molecular flexibility index (Phi) is 4.16. The minimum Gasteiger partial charge on any atom is -0.368 e. The molecule has 2 aromatic rings. The van der Waals surface area contributed by atoms with E-state index in [1.54, 1.807) is 37.3 Å². The number of aromatic nitrogens is 2. The Morgan fingerprint density at radius 2 is 2.00 bits per heavy atom. The van der Waals surface area contributed by atoms with E-state index >= 15 is 0 Å². The standard InChI is InChI=1S/C12H12F2N4S/c1-7-6-10(18-12(15)16-7)17-8-4-2-3-5-9(8)19-11(13)14/h2-6,11H,1H3,(H3,15,16,17,18). The molecule has 3 N–H and O–H groups in total. The van der Waals surface area contributed by atoms with Gasteiger partial charge >= 0.3 is 0 Å². The fraction of sp³-hybridized carbons (Fsp3) is 0.167. The number of thioether (sulfide) groups is 1. The maximum Gasteiger partial charge on any atom is 0.288 e. The van der Waals surface area contributed by atoms with Crippen LogP contribution in [-0.4, -0.2) is 15.7 Å². The van der Waals surface area contributed by atoms with E-state index < -0.39 is 5.76 Å². The number of nitrogen functional groups attached to an aromatic ring is 1. The molecule has 0 aliphatic heterocycles. The molecule has 0 bridgehead atoms. The molecule has 0 spiro atoms. The molecule has 0 fully saturated rings. The number of rotatable bonds is 4. The van der Waals surface area contributed by atoms with Crippen LogP contribution in [0.2, 0.25) is 0 Å². The number of aryl methyl sites for hydroxylation is 1. The third-order valence-corrected chi connectivity index (χ3v) is 3.03. The molecule has 0 unspecified atom stereocenters. The lowest BCUT2D eigenvalue weighted by Crippen LogP contribution is -2.02. The molecule has 0 atom stereocenters. The molecule has 0 radical (unpaired) electrons. The lowest BCUT2D eigenvalue weighted by atomic mass is 10.3. The zero-order valence-electron chi connectivity index (χ0n) is 10.1. The highest BCUT2D eigenvalue weighted by Gasteiger charge is 2.10. The van der Waals surface area contributed by atoms with Gasteiger partial charge in [0.25, 0.3) is 5.76 Å². The number of para-hydroxylation sites is 1. The summed E-state index contributed by atoms with van der Waals surface area (Å²) in [6.45, 7) is 1.78. The number of nitrogens with two attached hydrogens (primary N) is 1. The van der Waals surface area contributed by atoms with Crippen molar-refractivity contribution in [3.8, 4) is 0 Å².